The van der Waals surface area contributed by atoms with Gasteiger partial charge in [-0.15, -0.1) is 13.2 Å². The van der Waals surface area contributed by atoms with Gasteiger partial charge in [-0.25, -0.2) is 4.98 Å². The Labute approximate surface area is 97.5 Å². The zero-order valence-electron chi connectivity index (χ0n) is 7.46. The molecule has 0 fully saturated rings. The van der Waals surface area contributed by atoms with Crippen LogP contribution >= 0.6 is 15.9 Å². The second-order valence-electron chi connectivity index (χ2n) is 2.66. The maximum atomic E-state index is 12.8. The van der Waals surface area contributed by atoms with Gasteiger partial charge in [0.2, 0.25) is 5.95 Å². The molecule has 0 unspecified atom stereocenters. The predicted molar refractivity (Wildman–Crippen MR) is 43.6 cm³/mol. The number of aromatic nitrogens is 1. The second-order valence-corrected chi connectivity index (χ2v) is 3.45. The maximum Gasteiger partial charge on any atom is 0.573 e. The standard InChI is InChI=1S/C7HBrF7NO/c8-4-2(17-7(13,14)15)1-3(6(10,11)12)16-5(4)9/h1H. The van der Waals surface area contributed by atoms with Crippen LogP contribution in [0.15, 0.2) is 10.5 Å². The number of pyridine rings is 1. The minimum atomic E-state index is -5.24. The van der Waals surface area contributed by atoms with Crippen LogP contribution in [0, 0.1) is 5.95 Å². The molecule has 0 amide bonds. The van der Waals surface area contributed by atoms with E-state index in [-0.39, 0.29) is 6.07 Å². The first-order valence-electron chi connectivity index (χ1n) is 3.69. The van der Waals surface area contributed by atoms with Gasteiger partial charge in [-0.05, 0) is 15.9 Å². The lowest BCUT2D eigenvalue weighted by atomic mass is 10.3. The van der Waals surface area contributed by atoms with E-state index >= 15 is 0 Å². The lowest BCUT2D eigenvalue weighted by Gasteiger charge is -2.13. The molecule has 0 radical (unpaired) electrons. The molecule has 1 aromatic rings. The van der Waals surface area contributed by atoms with Crippen molar-refractivity contribution in [3.63, 3.8) is 0 Å². The van der Waals surface area contributed by atoms with E-state index in [1.165, 1.54) is 0 Å². The Kier molecular flexibility index (Phi) is 3.55. The number of alkyl halides is 6. The molecule has 0 saturated heterocycles. The number of rotatable bonds is 1. The molecule has 2 nitrogen and oxygen atoms in total. The highest BCUT2D eigenvalue weighted by atomic mass is 79.9. The third-order valence-corrected chi connectivity index (χ3v) is 2.12. The highest BCUT2D eigenvalue weighted by Gasteiger charge is 2.37. The summed E-state index contributed by atoms with van der Waals surface area (Å²) in [5.74, 6) is -3.10. The van der Waals surface area contributed by atoms with Crippen molar-refractivity contribution >= 4 is 15.9 Å². The Balaban J connectivity index is 3.26. The molecular weight excluding hydrogens is 327 g/mol. The molecule has 1 rings (SSSR count). The van der Waals surface area contributed by atoms with E-state index in [0.29, 0.717) is 0 Å². The summed E-state index contributed by atoms with van der Waals surface area (Å²) in [5, 5.41) is 0. The van der Waals surface area contributed by atoms with E-state index in [9.17, 15) is 30.7 Å². The monoisotopic (exact) mass is 327 g/mol. The Morgan fingerprint density at radius 2 is 1.65 bits per heavy atom. The van der Waals surface area contributed by atoms with Crippen LogP contribution in [0.3, 0.4) is 0 Å². The van der Waals surface area contributed by atoms with Gasteiger partial charge >= 0.3 is 12.5 Å². The molecule has 0 aliphatic heterocycles. The van der Waals surface area contributed by atoms with Crippen LogP contribution < -0.4 is 4.74 Å². The Bertz CT molecular complexity index is 427. The molecule has 96 valence electrons. The van der Waals surface area contributed by atoms with Gasteiger partial charge in [0.1, 0.15) is 10.2 Å². The Hall–Kier alpha value is -1.06. The number of hydrogen-bond donors (Lipinski definition) is 0. The fourth-order valence-electron chi connectivity index (χ4n) is 0.820. The summed E-state index contributed by atoms with van der Waals surface area (Å²) in [6, 6.07) is -0.0549. The summed E-state index contributed by atoms with van der Waals surface area (Å²) >= 11 is 2.30. The third-order valence-electron chi connectivity index (χ3n) is 1.40. The summed E-state index contributed by atoms with van der Waals surface area (Å²) in [6.45, 7) is 0. The zero-order chi connectivity index (χ0) is 13.4. The van der Waals surface area contributed by atoms with Gasteiger partial charge in [0.25, 0.3) is 0 Å². The van der Waals surface area contributed by atoms with Crippen molar-refractivity contribution in [1.29, 1.82) is 0 Å². The molecule has 1 aromatic heterocycles. The molecule has 0 aliphatic rings. The Morgan fingerprint density at radius 3 is 2.06 bits per heavy atom. The van der Waals surface area contributed by atoms with E-state index < -0.39 is 34.4 Å². The van der Waals surface area contributed by atoms with Crippen molar-refractivity contribution in [2.24, 2.45) is 0 Å². The van der Waals surface area contributed by atoms with Gasteiger partial charge in [0, 0.05) is 6.07 Å². The van der Waals surface area contributed by atoms with Crippen LogP contribution in [0.1, 0.15) is 5.69 Å². The van der Waals surface area contributed by atoms with Gasteiger partial charge in [-0.2, -0.15) is 17.6 Å². The van der Waals surface area contributed by atoms with Crippen molar-refractivity contribution < 1.29 is 35.5 Å². The summed E-state index contributed by atoms with van der Waals surface area (Å²) in [7, 11) is 0. The Morgan fingerprint density at radius 1 is 1.12 bits per heavy atom. The minimum absolute atomic E-state index is 0.0549. The fraction of sp³-hybridized carbons (Fsp3) is 0.286. The van der Waals surface area contributed by atoms with Crippen molar-refractivity contribution in [3.05, 3.63) is 22.2 Å². The topological polar surface area (TPSA) is 22.1 Å². The van der Waals surface area contributed by atoms with Gasteiger partial charge in [0.15, 0.2) is 5.69 Å². The molecule has 0 atom stereocenters. The highest BCUT2D eigenvalue weighted by molar-refractivity contribution is 9.10. The van der Waals surface area contributed by atoms with E-state index in [2.05, 4.69) is 25.7 Å². The van der Waals surface area contributed by atoms with E-state index in [0.717, 1.165) is 0 Å². The maximum absolute atomic E-state index is 12.8. The molecule has 17 heavy (non-hydrogen) atoms. The molecule has 0 bridgehead atoms. The minimum Gasteiger partial charge on any atom is -0.404 e. The van der Waals surface area contributed by atoms with Crippen molar-refractivity contribution in [3.8, 4) is 5.75 Å². The van der Waals surface area contributed by atoms with Crippen LogP contribution in [0.5, 0.6) is 5.75 Å². The number of ether oxygens (including phenoxy) is 1. The molecule has 10 heteroatoms. The molecule has 0 aromatic carbocycles. The molecular formula is C7HBrF7NO. The molecule has 0 saturated carbocycles. The summed E-state index contributed by atoms with van der Waals surface area (Å²) in [6.07, 6.45) is -10.3. The normalized spacial score (nSPS) is 12.7. The number of hydrogen-bond acceptors (Lipinski definition) is 2. The van der Waals surface area contributed by atoms with E-state index in [4.69, 9.17) is 0 Å². The van der Waals surface area contributed by atoms with Crippen LogP contribution in [-0.2, 0) is 6.18 Å². The highest BCUT2D eigenvalue weighted by Crippen LogP contribution is 2.37. The molecule has 0 aliphatic carbocycles. The van der Waals surface area contributed by atoms with Crippen LogP contribution in [-0.4, -0.2) is 11.3 Å². The SMILES string of the molecule is Fc1nc(C(F)(F)F)cc(OC(F)(F)F)c1Br. The fourth-order valence-corrected chi connectivity index (χ4v) is 1.10. The van der Waals surface area contributed by atoms with Gasteiger partial charge < -0.3 is 4.74 Å². The van der Waals surface area contributed by atoms with Gasteiger partial charge in [-0.1, -0.05) is 0 Å². The van der Waals surface area contributed by atoms with Crippen molar-refractivity contribution in [2.45, 2.75) is 12.5 Å². The van der Waals surface area contributed by atoms with E-state index in [1.54, 1.807) is 0 Å². The first kappa shape index (κ1) is 14.0. The van der Waals surface area contributed by atoms with Crippen LogP contribution in [0.4, 0.5) is 30.7 Å². The first-order valence-corrected chi connectivity index (χ1v) is 4.49. The predicted octanol–water partition coefficient (Wildman–Crippen LogP) is 3.90. The molecule has 0 N–H and O–H groups in total. The average molecular weight is 328 g/mol. The molecule has 1 heterocycles. The number of nitrogens with zero attached hydrogens (tertiary/aromatic N) is 1. The van der Waals surface area contributed by atoms with Crippen LogP contribution in [0.25, 0.3) is 0 Å². The summed E-state index contributed by atoms with van der Waals surface area (Å²) in [4.78, 5) is 2.45. The molecule has 0 spiro atoms. The quantitative estimate of drug-likeness (QED) is 0.576. The lowest BCUT2D eigenvalue weighted by Crippen LogP contribution is -2.19. The lowest BCUT2D eigenvalue weighted by molar-refractivity contribution is -0.275. The average Bonchev–Trinajstić information content (AvgIpc) is 2.08. The second kappa shape index (κ2) is 4.31. The summed E-state index contributed by atoms with van der Waals surface area (Å²) < 4.78 is 87.0. The first-order chi connectivity index (χ1) is 7.50. The smallest absolute Gasteiger partial charge is 0.404 e. The third kappa shape index (κ3) is 3.72. The summed E-state index contributed by atoms with van der Waals surface area (Å²) in [5.41, 5.74) is -1.82. The largest absolute Gasteiger partial charge is 0.573 e. The zero-order valence-corrected chi connectivity index (χ0v) is 9.04. The van der Waals surface area contributed by atoms with Crippen LogP contribution in [0.2, 0.25) is 0 Å². The van der Waals surface area contributed by atoms with Gasteiger partial charge in [-0.3, -0.25) is 0 Å². The van der Waals surface area contributed by atoms with E-state index in [1.807, 2.05) is 0 Å². The number of halogens is 8. The van der Waals surface area contributed by atoms with Gasteiger partial charge in [0.05, 0.1) is 0 Å². The van der Waals surface area contributed by atoms with Crippen molar-refractivity contribution in [1.82, 2.24) is 4.98 Å². The van der Waals surface area contributed by atoms with Crippen molar-refractivity contribution in [2.75, 3.05) is 0 Å².